The minimum atomic E-state index is -0.249. The fraction of sp³-hybridized carbons (Fsp3) is 0.238. The number of rotatable bonds is 4. The third kappa shape index (κ3) is 3.77. The molecule has 2 amide bonds. The topological polar surface area (TPSA) is 65.5 Å². The van der Waals surface area contributed by atoms with Crippen molar-refractivity contribution in [1.29, 1.82) is 0 Å². The first-order valence-electron chi connectivity index (χ1n) is 9.04. The van der Waals surface area contributed by atoms with Crippen molar-refractivity contribution in [2.75, 3.05) is 23.7 Å². The van der Waals surface area contributed by atoms with E-state index < -0.39 is 0 Å². The molecule has 0 saturated carbocycles. The summed E-state index contributed by atoms with van der Waals surface area (Å²) in [4.78, 5) is 16.9. The second-order valence-corrected chi connectivity index (χ2v) is 6.51. The fourth-order valence-corrected chi connectivity index (χ4v) is 3.33. The van der Waals surface area contributed by atoms with Crippen LogP contribution in [0.4, 0.5) is 16.2 Å². The molecule has 132 valence electrons. The molecule has 0 fully saturated rings. The van der Waals surface area contributed by atoms with Crippen molar-refractivity contribution in [3.8, 4) is 0 Å². The second kappa shape index (κ2) is 7.44. The van der Waals surface area contributed by atoms with Crippen molar-refractivity contribution in [3.05, 3.63) is 65.7 Å². The zero-order chi connectivity index (χ0) is 17.8. The van der Waals surface area contributed by atoms with Gasteiger partial charge in [0.25, 0.3) is 0 Å². The van der Waals surface area contributed by atoms with Gasteiger partial charge in [-0.25, -0.2) is 4.79 Å². The summed E-state index contributed by atoms with van der Waals surface area (Å²) in [5.41, 5.74) is 5.96. The minimum absolute atomic E-state index is 0.249. The molecule has 0 radical (unpaired) electrons. The van der Waals surface area contributed by atoms with Crippen LogP contribution in [0.1, 0.15) is 30.4 Å². The highest BCUT2D eigenvalue weighted by molar-refractivity contribution is 6.04. The Bertz CT molecular complexity index is 814. The first-order chi connectivity index (χ1) is 12.8. The van der Waals surface area contributed by atoms with Crippen molar-refractivity contribution in [2.24, 2.45) is 4.99 Å². The summed E-state index contributed by atoms with van der Waals surface area (Å²) in [6, 6.07) is 15.5. The average Bonchev–Trinajstić information content (AvgIpc) is 3.36. The molecule has 0 unspecified atom stereocenters. The van der Waals surface area contributed by atoms with Gasteiger partial charge in [0.1, 0.15) is 0 Å². The zero-order valence-corrected chi connectivity index (χ0v) is 14.6. The molecule has 0 saturated heterocycles. The van der Waals surface area contributed by atoms with Crippen molar-refractivity contribution in [3.63, 3.8) is 0 Å². The molecular formula is C21H22N4O. The third-order valence-electron chi connectivity index (χ3n) is 4.57. The first kappa shape index (κ1) is 16.4. The summed E-state index contributed by atoms with van der Waals surface area (Å²) in [6.45, 7) is 1.87. The highest BCUT2D eigenvalue weighted by atomic mass is 16.2. The van der Waals surface area contributed by atoms with Gasteiger partial charge in [0.05, 0.1) is 0 Å². The van der Waals surface area contributed by atoms with Crippen molar-refractivity contribution >= 4 is 28.8 Å². The van der Waals surface area contributed by atoms with Crippen LogP contribution in [0.15, 0.2) is 59.6 Å². The molecule has 2 aromatic carbocycles. The largest absolute Gasteiger partial charge is 0.385 e. The number of urea groups is 1. The zero-order valence-electron chi connectivity index (χ0n) is 14.6. The molecule has 4 rings (SSSR count). The Morgan fingerprint density at radius 2 is 1.73 bits per heavy atom. The van der Waals surface area contributed by atoms with Crippen molar-refractivity contribution in [2.45, 2.75) is 19.3 Å². The highest BCUT2D eigenvalue weighted by Crippen LogP contribution is 2.21. The molecule has 0 bridgehead atoms. The maximum atomic E-state index is 12.4. The molecule has 2 aliphatic heterocycles. The van der Waals surface area contributed by atoms with Gasteiger partial charge < -0.3 is 16.0 Å². The molecule has 2 aromatic rings. The second-order valence-electron chi connectivity index (χ2n) is 6.51. The normalized spacial score (nSPS) is 15.8. The van der Waals surface area contributed by atoms with Crippen LogP contribution in [0, 0.1) is 0 Å². The van der Waals surface area contributed by atoms with E-state index in [2.05, 4.69) is 27.0 Å². The molecule has 0 aromatic heterocycles. The van der Waals surface area contributed by atoms with Crippen LogP contribution in [0.3, 0.4) is 0 Å². The molecular weight excluding hydrogens is 324 g/mol. The van der Waals surface area contributed by atoms with E-state index in [9.17, 15) is 4.79 Å². The number of carbonyl (C=O) groups is 1. The summed E-state index contributed by atoms with van der Waals surface area (Å²) in [6.07, 6.45) is 5.33. The Morgan fingerprint density at radius 3 is 2.38 bits per heavy atom. The Morgan fingerprint density at radius 1 is 1.00 bits per heavy atom. The lowest BCUT2D eigenvalue weighted by molar-refractivity contribution is 0.262. The number of hydrogen-bond donors (Lipinski definition) is 3. The standard InChI is InChI=1S/C21H22N4O/c26-21(24-17-7-1-5-15(13-17)19-9-3-11-22-19)25-18-8-2-6-16(14-18)20-10-4-12-23-20/h1-2,5-9,13-14,22H,3-4,10-12H2,(H2,24,25,26). The number of nitrogens with zero attached hydrogens (tertiary/aromatic N) is 1. The lowest BCUT2D eigenvalue weighted by Gasteiger charge is -2.11. The maximum Gasteiger partial charge on any atom is 0.323 e. The molecule has 26 heavy (non-hydrogen) atoms. The monoisotopic (exact) mass is 346 g/mol. The lowest BCUT2D eigenvalue weighted by Crippen LogP contribution is -2.19. The maximum absolute atomic E-state index is 12.4. The molecule has 5 heteroatoms. The van der Waals surface area contributed by atoms with Gasteiger partial charge >= 0.3 is 6.03 Å². The quantitative estimate of drug-likeness (QED) is 0.775. The number of carbonyl (C=O) groups excluding carboxylic acids is 1. The molecule has 5 nitrogen and oxygen atoms in total. The van der Waals surface area contributed by atoms with Crippen molar-refractivity contribution in [1.82, 2.24) is 5.32 Å². The summed E-state index contributed by atoms with van der Waals surface area (Å²) in [7, 11) is 0. The van der Waals surface area contributed by atoms with E-state index in [4.69, 9.17) is 0 Å². The van der Waals surface area contributed by atoms with E-state index in [-0.39, 0.29) is 6.03 Å². The molecule has 2 aliphatic rings. The Labute approximate surface area is 153 Å². The van der Waals surface area contributed by atoms with Crippen LogP contribution in [0.2, 0.25) is 0 Å². The first-order valence-corrected chi connectivity index (χ1v) is 9.04. The number of nitrogens with one attached hydrogen (secondary N) is 3. The third-order valence-corrected chi connectivity index (χ3v) is 4.57. The lowest BCUT2D eigenvalue weighted by atomic mass is 10.1. The van der Waals surface area contributed by atoms with E-state index in [1.54, 1.807) is 0 Å². The van der Waals surface area contributed by atoms with E-state index in [1.807, 2.05) is 48.5 Å². The summed E-state index contributed by atoms with van der Waals surface area (Å²) in [5, 5.41) is 9.16. The van der Waals surface area contributed by atoms with Gasteiger partial charge in [-0.15, -0.1) is 0 Å². The van der Waals surface area contributed by atoms with Gasteiger partial charge in [0.15, 0.2) is 0 Å². The van der Waals surface area contributed by atoms with Gasteiger partial charge in [-0.05, 0) is 54.7 Å². The summed E-state index contributed by atoms with van der Waals surface area (Å²) >= 11 is 0. The van der Waals surface area contributed by atoms with E-state index in [0.717, 1.165) is 66.3 Å². The Kier molecular flexibility index (Phi) is 4.69. The van der Waals surface area contributed by atoms with Gasteiger partial charge in [-0.1, -0.05) is 30.3 Å². The van der Waals surface area contributed by atoms with Crippen LogP contribution < -0.4 is 16.0 Å². The number of benzene rings is 2. The molecule has 0 atom stereocenters. The van der Waals surface area contributed by atoms with Gasteiger partial charge in [0.2, 0.25) is 0 Å². The number of anilines is 2. The number of hydrogen-bond acceptors (Lipinski definition) is 3. The van der Waals surface area contributed by atoms with E-state index >= 15 is 0 Å². The summed E-state index contributed by atoms with van der Waals surface area (Å²) < 4.78 is 0. The molecule has 3 N–H and O–H groups in total. The summed E-state index contributed by atoms with van der Waals surface area (Å²) in [5.74, 6) is 0. The Balaban J connectivity index is 1.43. The predicted octanol–water partition coefficient (Wildman–Crippen LogP) is 4.25. The predicted molar refractivity (Wildman–Crippen MR) is 107 cm³/mol. The van der Waals surface area contributed by atoms with Crippen LogP contribution in [0.25, 0.3) is 5.70 Å². The van der Waals surface area contributed by atoms with Gasteiger partial charge in [-0.3, -0.25) is 4.99 Å². The highest BCUT2D eigenvalue weighted by Gasteiger charge is 2.11. The smallest absolute Gasteiger partial charge is 0.323 e. The minimum Gasteiger partial charge on any atom is -0.385 e. The molecule has 2 heterocycles. The van der Waals surface area contributed by atoms with Crippen LogP contribution in [0.5, 0.6) is 0 Å². The SMILES string of the molecule is O=C(Nc1cccc(C2=CCCN2)c1)Nc1cccc(C2=NCCC2)c1. The van der Waals surface area contributed by atoms with Gasteiger partial charge in [-0.2, -0.15) is 0 Å². The van der Waals surface area contributed by atoms with E-state index in [0.29, 0.717) is 0 Å². The fourth-order valence-electron chi connectivity index (χ4n) is 3.33. The number of aliphatic imine (C=N–C) groups is 1. The van der Waals surface area contributed by atoms with E-state index in [1.165, 1.54) is 0 Å². The van der Waals surface area contributed by atoms with Crippen molar-refractivity contribution < 1.29 is 4.79 Å². The number of amides is 2. The average molecular weight is 346 g/mol. The van der Waals surface area contributed by atoms with Gasteiger partial charge in [0, 0.05) is 35.9 Å². The van der Waals surface area contributed by atoms with Crippen LogP contribution in [-0.4, -0.2) is 24.8 Å². The molecule has 0 aliphatic carbocycles. The Hall–Kier alpha value is -3.08. The van der Waals surface area contributed by atoms with Crippen LogP contribution >= 0.6 is 0 Å². The molecule has 0 spiro atoms. The van der Waals surface area contributed by atoms with Crippen LogP contribution in [-0.2, 0) is 0 Å².